The van der Waals surface area contributed by atoms with Gasteiger partial charge in [-0.1, -0.05) is 12.2 Å². The van der Waals surface area contributed by atoms with E-state index in [1.807, 2.05) is 17.1 Å². The molecule has 1 aliphatic carbocycles. The second kappa shape index (κ2) is 7.46. The van der Waals surface area contributed by atoms with Crippen molar-refractivity contribution in [3.05, 3.63) is 46.5 Å². The Morgan fingerprint density at radius 1 is 1.04 bits per heavy atom. The molecule has 0 saturated carbocycles. The van der Waals surface area contributed by atoms with Crippen molar-refractivity contribution >= 4 is 23.2 Å². The molecular weight excluding hydrogens is 322 g/mol. The van der Waals surface area contributed by atoms with Gasteiger partial charge in [-0.25, -0.2) is 0 Å². The Kier molecular flexibility index (Phi) is 5.11. The predicted molar refractivity (Wildman–Crippen MR) is 92.9 cm³/mol. The van der Waals surface area contributed by atoms with Gasteiger partial charge in [0.05, 0.1) is 16.8 Å². The van der Waals surface area contributed by atoms with Gasteiger partial charge >= 0.3 is 0 Å². The Hall–Kier alpha value is -2.70. The molecule has 3 rings (SSSR count). The maximum absolute atomic E-state index is 12.7. The molecule has 1 heterocycles. The van der Waals surface area contributed by atoms with Crippen molar-refractivity contribution in [3.8, 4) is 0 Å². The molecule has 25 heavy (non-hydrogen) atoms. The van der Waals surface area contributed by atoms with Crippen LogP contribution in [0.1, 0.15) is 25.7 Å². The minimum absolute atomic E-state index is 0.0271. The molecule has 0 spiro atoms. The van der Waals surface area contributed by atoms with Gasteiger partial charge in [0, 0.05) is 30.9 Å². The number of benzene rings is 1. The average Bonchev–Trinajstić information content (AvgIpc) is 3.16. The largest absolute Gasteiger partial charge is 0.342 e. The van der Waals surface area contributed by atoms with Crippen molar-refractivity contribution in [2.75, 3.05) is 18.4 Å². The number of nitrogens with one attached hydrogen (secondary N) is 1. The number of nitro benzene ring substituents is 1. The Morgan fingerprint density at radius 3 is 2.24 bits per heavy atom. The lowest BCUT2D eigenvalue weighted by Crippen LogP contribution is -2.42. The highest BCUT2D eigenvalue weighted by Gasteiger charge is 2.37. The molecule has 7 heteroatoms. The van der Waals surface area contributed by atoms with E-state index >= 15 is 0 Å². The fourth-order valence-electron chi connectivity index (χ4n) is 3.45. The second-order valence-electron chi connectivity index (χ2n) is 6.48. The standard InChI is InChI=1S/C18H21N3O4/c22-17(19-13-7-9-14(10-8-13)21(24)25)15-5-1-2-6-16(15)18(23)20-11-3-4-12-20/h1-2,7-10,15-16H,3-6,11-12H2,(H,19,22). The second-order valence-corrected chi connectivity index (χ2v) is 6.48. The van der Waals surface area contributed by atoms with E-state index in [0.29, 0.717) is 18.5 Å². The molecule has 0 radical (unpaired) electrons. The van der Waals surface area contributed by atoms with E-state index < -0.39 is 10.8 Å². The van der Waals surface area contributed by atoms with Gasteiger partial charge in [-0.05, 0) is 37.8 Å². The number of nitrogens with zero attached hydrogens (tertiary/aromatic N) is 2. The maximum Gasteiger partial charge on any atom is 0.269 e. The summed E-state index contributed by atoms with van der Waals surface area (Å²) < 4.78 is 0. The van der Waals surface area contributed by atoms with Gasteiger partial charge in [-0.3, -0.25) is 19.7 Å². The zero-order chi connectivity index (χ0) is 17.8. The molecule has 0 bridgehead atoms. The highest BCUT2D eigenvalue weighted by Crippen LogP contribution is 2.30. The summed E-state index contributed by atoms with van der Waals surface area (Å²) in [5, 5.41) is 13.5. The van der Waals surface area contributed by atoms with E-state index in [4.69, 9.17) is 0 Å². The smallest absolute Gasteiger partial charge is 0.269 e. The number of nitro groups is 1. The maximum atomic E-state index is 12.7. The summed E-state index contributed by atoms with van der Waals surface area (Å²) in [6.45, 7) is 1.55. The van der Waals surface area contributed by atoms with E-state index in [2.05, 4.69) is 5.32 Å². The van der Waals surface area contributed by atoms with Crippen molar-refractivity contribution in [1.29, 1.82) is 0 Å². The molecule has 2 amide bonds. The number of carbonyl (C=O) groups is 2. The van der Waals surface area contributed by atoms with Crippen LogP contribution in [0.15, 0.2) is 36.4 Å². The minimum Gasteiger partial charge on any atom is -0.342 e. The zero-order valence-electron chi connectivity index (χ0n) is 13.9. The van der Waals surface area contributed by atoms with Gasteiger partial charge in [0.15, 0.2) is 0 Å². The predicted octanol–water partition coefficient (Wildman–Crippen LogP) is 2.74. The first-order chi connectivity index (χ1) is 12.1. The SMILES string of the molecule is O=C(Nc1ccc([N+](=O)[O-])cc1)C1CC=CCC1C(=O)N1CCCC1. The number of hydrogen-bond acceptors (Lipinski definition) is 4. The van der Waals surface area contributed by atoms with Gasteiger partial charge in [-0.2, -0.15) is 0 Å². The van der Waals surface area contributed by atoms with Crippen molar-refractivity contribution in [3.63, 3.8) is 0 Å². The van der Waals surface area contributed by atoms with Crippen LogP contribution in [-0.4, -0.2) is 34.7 Å². The van der Waals surface area contributed by atoms with E-state index in [9.17, 15) is 19.7 Å². The highest BCUT2D eigenvalue weighted by atomic mass is 16.6. The third-order valence-electron chi connectivity index (χ3n) is 4.85. The number of rotatable bonds is 4. The topological polar surface area (TPSA) is 92.5 Å². The van der Waals surface area contributed by atoms with Gasteiger partial charge in [0.25, 0.3) is 5.69 Å². The van der Waals surface area contributed by atoms with Crippen LogP contribution in [0.2, 0.25) is 0 Å². The van der Waals surface area contributed by atoms with Crippen molar-refractivity contribution in [2.45, 2.75) is 25.7 Å². The Bertz CT molecular complexity index is 693. The number of amides is 2. The fraction of sp³-hybridized carbons (Fsp3) is 0.444. The first kappa shape index (κ1) is 17.1. The van der Waals surface area contributed by atoms with E-state index in [1.165, 1.54) is 24.3 Å². The highest BCUT2D eigenvalue weighted by molar-refractivity contribution is 5.96. The van der Waals surface area contributed by atoms with Crippen LogP contribution in [0.5, 0.6) is 0 Å². The Labute approximate surface area is 145 Å². The summed E-state index contributed by atoms with van der Waals surface area (Å²) in [4.78, 5) is 37.5. The summed E-state index contributed by atoms with van der Waals surface area (Å²) >= 11 is 0. The lowest BCUT2D eigenvalue weighted by atomic mass is 9.81. The van der Waals surface area contributed by atoms with Crippen LogP contribution < -0.4 is 5.32 Å². The molecule has 1 aliphatic heterocycles. The first-order valence-corrected chi connectivity index (χ1v) is 8.55. The lowest BCUT2D eigenvalue weighted by molar-refractivity contribution is -0.384. The van der Waals surface area contributed by atoms with Crippen LogP contribution in [-0.2, 0) is 9.59 Å². The lowest BCUT2D eigenvalue weighted by Gasteiger charge is -2.30. The number of carbonyl (C=O) groups excluding carboxylic acids is 2. The van der Waals surface area contributed by atoms with Gasteiger partial charge in [0.2, 0.25) is 11.8 Å². The quantitative estimate of drug-likeness (QED) is 0.517. The van der Waals surface area contributed by atoms with Crippen molar-refractivity contribution < 1.29 is 14.5 Å². The van der Waals surface area contributed by atoms with E-state index in [0.717, 1.165) is 25.9 Å². The summed E-state index contributed by atoms with van der Waals surface area (Å²) in [5.41, 5.74) is 0.471. The Morgan fingerprint density at radius 2 is 1.64 bits per heavy atom. The fourth-order valence-corrected chi connectivity index (χ4v) is 3.45. The van der Waals surface area contributed by atoms with Crippen molar-refractivity contribution in [2.24, 2.45) is 11.8 Å². The van der Waals surface area contributed by atoms with Gasteiger partial charge < -0.3 is 10.2 Å². The van der Waals surface area contributed by atoms with Crippen LogP contribution >= 0.6 is 0 Å². The third kappa shape index (κ3) is 3.87. The molecule has 2 unspecified atom stereocenters. The molecule has 1 saturated heterocycles. The summed E-state index contributed by atoms with van der Waals surface area (Å²) in [6, 6.07) is 5.71. The van der Waals surface area contributed by atoms with E-state index in [-0.39, 0.29) is 23.4 Å². The molecule has 2 aliphatic rings. The molecule has 7 nitrogen and oxygen atoms in total. The molecule has 1 fully saturated rings. The summed E-state index contributed by atoms with van der Waals surface area (Å²) in [5.74, 6) is -0.893. The number of allylic oxidation sites excluding steroid dienone is 2. The monoisotopic (exact) mass is 343 g/mol. The zero-order valence-corrected chi connectivity index (χ0v) is 13.9. The van der Waals surface area contributed by atoms with Gasteiger partial charge in [-0.15, -0.1) is 0 Å². The third-order valence-corrected chi connectivity index (χ3v) is 4.85. The molecule has 1 N–H and O–H groups in total. The summed E-state index contributed by atoms with van der Waals surface area (Å²) in [7, 11) is 0. The first-order valence-electron chi connectivity index (χ1n) is 8.55. The Balaban J connectivity index is 1.69. The van der Waals surface area contributed by atoms with Gasteiger partial charge in [0.1, 0.15) is 0 Å². The number of anilines is 1. The molecule has 132 valence electrons. The van der Waals surface area contributed by atoms with Crippen LogP contribution in [0, 0.1) is 22.0 Å². The number of non-ortho nitro benzene ring substituents is 1. The summed E-state index contributed by atoms with van der Waals surface area (Å²) in [6.07, 6.45) is 7.06. The van der Waals surface area contributed by atoms with Crippen LogP contribution in [0.3, 0.4) is 0 Å². The molecule has 0 aromatic heterocycles. The number of hydrogen-bond donors (Lipinski definition) is 1. The van der Waals surface area contributed by atoms with E-state index in [1.54, 1.807) is 0 Å². The average molecular weight is 343 g/mol. The molecule has 1 aromatic rings. The van der Waals surface area contributed by atoms with Crippen LogP contribution in [0.25, 0.3) is 0 Å². The normalized spacial score (nSPS) is 22.6. The van der Waals surface area contributed by atoms with Crippen molar-refractivity contribution in [1.82, 2.24) is 4.90 Å². The molecular formula is C18H21N3O4. The number of likely N-dealkylation sites (tertiary alicyclic amines) is 1. The molecule has 2 atom stereocenters. The molecule has 1 aromatic carbocycles. The van der Waals surface area contributed by atoms with Crippen LogP contribution in [0.4, 0.5) is 11.4 Å². The minimum atomic E-state index is -0.484.